The van der Waals surface area contributed by atoms with E-state index in [2.05, 4.69) is 30.4 Å². The first-order valence-corrected chi connectivity index (χ1v) is 12.9. The summed E-state index contributed by atoms with van der Waals surface area (Å²) in [5.41, 5.74) is 2.91. The molecular formula is C27H29FN8O2. The highest BCUT2D eigenvalue weighted by molar-refractivity contribution is 6.05. The van der Waals surface area contributed by atoms with E-state index in [0.29, 0.717) is 60.9 Å². The van der Waals surface area contributed by atoms with E-state index in [0.717, 1.165) is 18.5 Å². The van der Waals surface area contributed by atoms with Crippen molar-refractivity contribution in [2.24, 2.45) is 0 Å². The highest BCUT2D eigenvalue weighted by Gasteiger charge is 2.27. The van der Waals surface area contributed by atoms with Crippen molar-refractivity contribution in [3.63, 3.8) is 0 Å². The average molecular weight is 517 g/mol. The lowest BCUT2D eigenvalue weighted by molar-refractivity contribution is 0.102. The molecule has 38 heavy (non-hydrogen) atoms. The molecule has 1 saturated heterocycles. The van der Waals surface area contributed by atoms with Gasteiger partial charge in [0, 0.05) is 37.3 Å². The number of imidazole rings is 1. The van der Waals surface area contributed by atoms with Crippen molar-refractivity contribution in [3.8, 4) is 17.2 Å². The fourth-order valence-electron chi connectivity index (χ4n) is 4.67. The van der Waals surface area contributed by atoms with Crippen LogP contribution in [0.2, 0.25) is 0 Å². The van der Waals surface area contributed by atoms with Gasteiger partial charge in [-0.2, -0.15) is 0 Å². The average Bonchev–Trinajstić information content (AvgIpc) is 3.44. The van der Waals surface area contributed by atoms with Crippen molar-refractivity contribution in [3.05, 3.63) is 66.3 Å². The molecule has 1 amide bonds. The molecule has 2 aliphatic rings. The molecule has 0 radical (unpaired) electrons. The molecule has 2 fully saturated rings. The van der Waals surface area contributed by atoms with Crippen LogP contribution in [0.25, 0.3) is 17.2 Å². The Kier molecular flexibility index (Phi) is 6.36. The van der Waals surface area contributed by atoms with Gasteiger partial charge in [0.25, 0.3) is 5.91 Å². The zero-order valence-corrected chi connectivity index (χ0v) is 21.3. The lowest BCUT2D eigenvalue weighted by atomic mass is 10.1. The van der Waals surface area contributed by atoms with Gasteiger partial charge in [-0.3, -0.25) is 4.79 Å². The third-order valence-corrected chi connectivity index (χ3v) is 6.89. The lowest BCUT2D eigenvalue weighted by Gasteiger charge is -2.31. The Morgan fingerprint density at radius 3 is 2.71 bits per heavy atom. The van der Waals surface area contributed by atoms with Crippen molar-refractivity contribution >= 4 is 17.4 Å². The number of anilines is 2. The molecule has 0 unspecified atom stereocenters. The minimum Gasteiger partial charge on any atom is -0.378 e. The molecule has 0 atom stereocenters. The Labute approximate surface area is 219 Å². The fourth-order valence-corrected chi connectivity index (χ4v) is 4.67. The standard InChI is InChI=1S/C27H29FN8O2/c1-17(2)36-16-30-33-26(36)21-4-3-5-25(31-21)32-27(37)19-12-23(35-14-22(29-15-35)18-6-7-18)24(13-20(19)28)34-8-10-38-11-9-34/h3-5,12-18H,6-11H2,1-2H3,(H,31,32,37). The number of carbonyl (C=O) groups is 1. The number of hydrogen-bond donors (Lipinski definition) is 1. The van der Waals surface area contributed by atoms with E-state index < -0.39 is 11.7 Å². The summed E-state index contributed by atoms with van der Waals surface area (Å²) in [6.07, 6.45) is 7.62. The number of nitrogens with one attached hydrogen (secondary N) is 1. The van der Waals surface area contributed by atoms with Gasteiger partial charge in [-0.05, 0) is 44.9 Å². The summed E-state index contributed by atoms with van der Waals surface area (Å²) in [6.45, 7) is 6.45. The minimum absolute atomic E-state index is 0.0729. The Hall–Kier alpha value is -4.12. The summed E-state index contributed by atoms with van der Waals surface area (Å²) in [7, 11) is 0. The van der Waals surface area contributed by atoms with Gasteiger partial charge in [0.15, 0.2) is 5.82 Å². The van der Waals surface area contributed by atoms with E-state index in [-0.39, 0.29) is 11.6 Å². The number of halogens is 1. The Bertz CT molecular complexity index is 1470. The molecule has 1 saturated carbocycles. The number of morpholine rings is 1. The fraction of sp³-hybridized carbons (Fsp3) is 0.370. The molecule has 0 spiro atoms. The minimum atomic E-state index is -0.606. The molecule has 10 nitrogen and oxygen atoms in total. The smallest absolute Gasteiger partial charge is 0.259 e. The molecule has 1 aliphatic carbocycles. The third-order valence-electron chi connectivity index (χ3n) is 6.89. The largest absolute Gasteiger partial charge is 0.378 e. The van der Waals surface area contributed by atoms with Crippen molar-refractivity contribution in [2.75, 3.05) is 36.5 Å². The number of amides is 1. The SMILES string of the molecule is CC(C)n1cnnc1-c1cccc(NC(=O)c2cc(-n3cnc(C4CC4)c3)c(N3CCOCC3)cc2F)n1. The third kappa shape index (κ3) is 4.76. The summed E-state index contributed by atoms with van der Waals surface area (Å²) >= 11 is 0. The lowest BCUT2D eigenvalue weighted by Crippen LogP contribution is -2.37. The maximum Gasteiger partial charge on any atom is 0.259 e. The van der Waals surface area contributed by atoms with Crippen molar-refractivity contribution in [1.29, 1.82) is 0 Å². The quantitative estimate of drug-likeness (QED) is 0.392. The van der Waals surface area contributed by atoms with E-state index in [1.54, 1.807) is 36.9 Å². The van der Waals surface area contributed by atoms with Crippen molar-refractivity contribution in [2.45, 2.75) is 38.6 Å². The summed E-state index contributed by atoms with van der Waals surface area (Å²) < 4.78 is 24.7. The number of nitrogens with zero attached hydrogens (tertiary/aromatic N) is 7. The summed E-state index contributed by atoms with van der Waals surface area (Å²) in [5.74, 6) is 0.167. The predicted octanol–water partition coefficient (Wildman–Crippen LogP) is 4.21. The van der Waals surface area contributed by atoms with Crippen LogP contribution >= 0.6 is 0 Å². The van der Waals surface area contributed by atoms with Crippen LogP contribution in [-0.4, -0.2) is 61.5 Å². The van der Waals surface area contributed by atoms with Crippen LogP contribution in [0.3, 0.4) is 0 Å². The van der Waals surface area contributed by atoms with Crippen LogP contribution in [0.5, 0.6) is 0 Å². The topological polar surface area (TPSA) is 103 Å². The van der Waals surface area contributed by atoms with E-state index in [1.165, 1.54) is 6.07 Å². The van der Waals surface area contributed by atoms with E-state index in [4.69, 9.17) is 4.74 Å². The van der Waals surface area contributed by atoms with Gasteiger partial charge in [0.05, 0.1) is 42.2 Å². The van der Waals surface area contributed by atoms with Crippen LogP contribution in [0.15, 0.2) is 49.2 Å². The zero-order valence-electron chi connectivity index (χ0n) is 21.3. The summed E-state index contributed by atoms with van der Waals surface area (Å²) in [6, 6.07) is 8.39. The van der Waals surface area contributed by atoms with Crippen LogP contribution < -0.4 is 10.2 Å². The first-order valence-electron chi connectivity index (χ1n) is 12.9. The molecular weight excluding hydrogens is 487 g/mol. The molecule has 11 heteroatoms. The van der Waals surface area contributed by atoms with Gasteiger partial charge in [-0.1, -0.05) is 6.07 Å². The number of benzene rings is 1. The number of rotatable bonds is 7. The monoisotopic (exact) mass is 516 g/mol. The summed E-state index contributed by atoms with van der Waals surface area (Å²) in [5, 5.41) is 10.9. The predicted molar refractivity (Wildman–Crippen MR) is 140 cm³/mol. The summed E-state index contributed by atoms with van der Waals surface area (Å²) in [4.78, 5) is 24.5. The second kappa shape index (κ2) is 9.97. The second-order valence-corrected chi connectivity index (χ2v) is 9.92. The van der Waals surface area contributed by atoms with Gasteiger partial charge in [-0.25, -0.2) is 14.4 Å². The van der Waals surface area contributed by atoms with Crippen LogP contribution in [-0.2, 0) is 4.74 Å². The van der Waals surface area contributed by atoms with Crippen molar-refractivity contribution in [1.82, 2.24) is 29.3 Å². The van der Waals surface area contributed by atoms with E-state index >= 15 is 4.39 Å². The number of hydrogen-bond acceptors (Lipinski definition) is 7. The molecule has 196 valence electrons. The van der Waals surface area contributed by atoms with Gasteiger partial charge in [0.1, 0.15) is 23.7 Å². The second-order valence-electron chi connectivity index (χ2n) is 9.92. The molecule has 6 rings (SSSR count). The zero-order chi connectivity index (χ0) is 26.2. The molecule has 3 aromatic heterocycles. The van der Waals surface area contributed by atoms with Gasteiger partial charge < -0.3 is 24.1 Å². The maximum atomic E-state index is 15.5. The first-order chi connectivity index (χ1) is 18.5. The van der Waals surface area contributed by atoms with Gasteiger partial charge >= 0.3 is 0 Å². The molecule has 1 aromatic carbocycles. The highest BCUT2D eigenvalue weighted by Crippen LogP contribution is 2.39. The van der Waals surface area contributed by atoms with E-state index in [1.807, 2.05) is 29.2 Å². The molecule has 1 N–H and O–H groups in total. The molecule has 0 bridgehead atoms. The molecule has 1 aliphatic heterocycles. The number of ether oxygens (including phenoxy) is 1. The van der Waals surface area contributed by atoms with Crippen LogP contribution in [0.4, 0.5) is 15.9 Å². The first kappa shape index (κ1) is 24.2. The van der Waals surface area contributed by atoms with Crippen LogP contribution in [0.1, 0.15) is 54.7 Å². The molecule has 4 heterocycles. The Morgan fingerprint density at radius 2 is 1.95 bits per heavy atom. The molecule has 4 aromatic rings. The normalized spacial score (nSPS) is 15.7. The van der Waals surface area contributed by atoms with Gasteiger partial charge in [-0.15, -0.1) is 10.2 Å². The van der Waals surface area contributed by atoms with Crippen LogP contribution in [0, 0.1) is 5.82 Å². The Balaban J connectivity index is 1.33. The number of pyridine rings is 1. The number of carbonyl (C=O) groups excluding carboxylic acids is 1. The number of aromatic nitrogens is 6. The van der Waals surface area contributed by atoms with E-state index in [9.17, 15) is 4.79 Å². The van der Waals surface area contributed by atoms with Crippen molar-refractivity contribution < 1.29 is 13.9 Å². The van der Waals surface area contributed by atoms with Gasteiger partial charge in [0.2, 0.25) is 0 Å². The Morgan fingerprint density at radius 1 is 1.13 bits per heavy atom. The maximum absolute atomic E-state index is 15.5. The highest BCUT2D eigenvalue weighted by atomic mass is 19.1.